The van der Waals surface area contributed by atoms with E-state index < -0.39 is 0 Å². The van der Waals surface area contributed by atoms with Crippen LogP contribution in [-0.4, -0.2) is 20.5 Å². The number of aromatic nitrogens is 3. The maximum Gasteiger partial charge on any atom is 0.278 e. The largest absolute Gasteiger partial charge is 0.305 e. The monoisotopic (exact) mass is 298 g/mol. The van der Waals surface area contributed by atoms with Gasteiger partial charge in [-0.2, -0.15) is 0 Å². The number of nitrogens with zero attached hydrogens (tertiary/aromatic N) is 3. The van der Waals surface area contributed by atoms with Gasteiger partial charge in [0.1, 0.15) is 5.82 Å². The molecule has 2 rings (SSSR count). The Morgan fingerprint density at radius 2 is 2.38 bits per heavy atom. The summed E-state index contributed by atoms with van der Waals surface area (Å²) in [5.41, 5.74) is 1.30. The molecule has 1 amide bonds. The maximum atomic E-state index is 11.6. The number of carbonyl (C=O) groups excluding carboxylic acids is 1. The lowest BCUT2D eigenvalue weighted by Gasteiger charge is -2.03. The van der Waals surface area contributed by atoms with Gasteiger partial charge in [-0.15, -0.1) is 5.10 Å². The summed E-state index contributed by atoms with van der Waals surface area (Å²) in [6, 6.07) is 1.78. The lowest BCUT2D eigenvalue weighted by atomic mass is 10.3. The molecule has 2 aromatic heterocycles. The fraction of sp³-hybridized carbons (Fsp3) is 0.111. The van der Waals surface area contributed by atoms with E-state index in [2.05, 4.69) is 35.8 Å². The zero-order valence-corrected chi connectivity index (χ0v) is 10.7. The average Bonchev–Trinajstić information content (AvgIpc) is 2.77. The van der Waals surface area contributed by atoms with Crippen molar-refractivity contribution in [3.63, 3.8) is 0 Å². The first-order chi connectivity index (χ1) is 7.66. The number of pyridine rings is 1. The van der Waals surface area contributed by atoms with Crippen LogP contribution in [0.4, 0.5) is 5.82 Å². The Morgan fingerprint density at radius 3 is 3.00 bits per heavy atom. The second-order valence-corrected chi connectivity index (χ2v) is 4.53. The number of halogens is 1. The number of aryl methyl sites for hydroxylation is 1. The molecule has 0 aliphatic rings. The fourth-order valence-corrected chi connectivity index (χ4v) is 1.70. The molecule has 16 heavy (non-hydrogen) atoms. The van der Waals surface area contributed by atoms with Crippen LogP contribution in [-0.2, 0) is 0 Å². The van der Waals surface area contributed by atoms with Crippen molar-refractivity contribution in [2.45, 2.75) is 6.92 Å². The van der Waals surface area contributed by atoms with Crippen molar-refractivity contribution in [3.05, 3.63) is 33.4 Å². The summed E-state index contributed by atoms with van der Waals surface area (Å²) in [6.07, 6.45) is 1.64. The third-order valence-corrected chi connectivity index (χ3v) is 3.22. The van der Waals surface area contributed by atoms with Gasteiger partial charge in [0.05, 0.1) is 0 Å². The van der Waals surface area contributed by atoms with Crippen molar-refractivity contribution in [1.82, 2.24) is 14.6 Å². The molecule has 0 radical (unpaired) electrons. The summed E-state index contributed by atoms with van der Waals surface area (Å²) in [7, 11) is 0. The molecule has 7 heteroatoms. The normalized spacial score (nSPS) is 10.1. The predicted octanol–water partition coefficient (Wildman–Crippen LogP) is 2.26. The topological polar surface area (TPSA) is 67.8 Å². The van der Waals surface area contributed by atoms with Gasteiger partial charge in [0.25, 0.3) is 5.91 Å². The molecule has 0 unspecified atom stereocenters. The SMILES string of the molecule is Cc1cc(NC(=O)c2csnn2)ncc1Br. The van der Waals surface area contributed by atoms with Gasteiger partial charge in [0.15, 0.2) is 5.69 Å². The quantitative estimate of drug-likeness (QED) is 0.923. The molecule has 0 bridgehead atoms. The van der Waals surface area contributed by atoms with E-state index in [0.29, 0.717) is 11.5 Å². The van der Waals surface area contributed by atoms with Crippen LogP contribution >= 0.6 is 27.5 Å². The molecule has 2 aromatic rings. The van der Waals surface area contributed by atoms with Gasteiger partial charge in [-0.3, -0.25) is 4.79 Å². The molecule has 0 aliphatic carbocycles. The van der Waals surface area contributed by atoms with Crippen LogP contribution in [0.15, 0.2) is 22.1 Å². The first kappa shape index (κ1) is 11.2. The molecule has 2 heterocycles. The number of rotatable bonds is 2. The van der Waals surface area contributed by atoms with Crippen LogP contribution in [0.3, 0.4) is 0 Å². The standard InChI is InChI=1S/C9H7BrN4OS/c1-5-2-8(11-3-6(5)10)12-9(15)7-4-16-14-13-7/h2-4H,1H3,(H,11,12,15). The minimum atomic E-state index is -0.303. The second-order valence-electron chi connectivity index (χ2n) is 3.06. The van der Waals surface area contributed by atoms with Gasteiger partial charge >= 0.3 is 0 Å². The summed E-state index contributed by atoms with van der Waals surface area (Å²) in [4.78, 5) is 15.7. The van der Waals surface area contributed by atoms with Gasteiger partial charge in [-0.1, -0.05) is 4.49 Å². The van der Waals surface area contributed by atoms with Gasteiger partial charge in [0, 0.05) is 16.0 Å². The van der Waals surface area contributed by atoms with E-state index in [0.717, 1.165) is 21.6 Å². The Bertz CT molecular complexity index is 514. The number of nitrogens with one attached hydrogen (secondary N) is 1. The van der Waals surface area contributed by atoms with E-state index in [-0.39, 0.29) is 5.91 Å². The highest BCUT2D eigenvalue weighted by Crippen LogP contribution is 2.17. The van der Waals surface area contributed by atoms with E-state index in [4.69, 9.17) is 0 Å². The number of hydrogen-bond donors (Lipinski definition) is 1. The molecule has 0 saturated heterocycles. The molecule has 0 saturated carbocycles. The van der Waals surface area contributed by atoms with Crippen LogP contribution in [0.2, 0.25) is 0 Å². The molecule has 5 nitrogen and oxygen atoms in total. The summed E-state index contributed by atoms with van der Waals surface area (Å²) < 4.78 is 4.52. The Kier molecular flexibility index (Phi) is 3.25. The molecule has 1 N–H and O–H groups in total. The molecular formula is C9H7BrN4OS. The van der Waals surface area contributed by atoms with Crippen molar-refractivity contribution in [3.8, 4) is 0 Å². The number of hydrogen-bond acceptors (Lipinski definition) is 5. The molecule has 0 aliphatic heterocycles. The number of carbonyl (C=O) groups is 1. The predicted molar refractivity (Wildman–Crippen MR) is 64.5 cm³/mol. The highest BCUT2D eigenvalue weighted by molar-refractivity contribution is 9.10. The molecule has 0 fully saturated rings. The smallest absolute Gasteiger partial charge is 0.278 e. The van der Waals surface area contributed by atoms with E-state index in [1.807, 2.05) is 6.92 Å². The molecule has 0 aromatic carbocycles. The summed E-state index contributed by atoms with van der Waals surface area (Å²) >= 11 is 4.47. The third-order valence-electron chi connectivity index (χ3n) is 1.88. The lowest BCUT2D eigenvalue weighted by molar-refractivity contribution is 0.102. The summed E-state index contributed by atoms with van der Waals surface area (Å²) in [5, 5.41) is 7.90. The maximum absolute atomic E-state index is 11.6. The molecule has 0 spiro atoms. The van der Waals surface area contributed by atoms with Crippen LogP contribution in [0, 0.1) is 6.92 Å². The van der Waals surface area contributed by atoms with Crippen molar-refractivity contribution < 1.29 is 4.79 Å². The molecule has 0 atom stereocenters. The van der Waals surface area contributed by atoms with Crippen LogP contribution in [0.5, 0.6) is 0 Å². The Labute approximate surface area is 104 Å². The minimum absolute atomic E-state index is 0.298. The zero-order valence-electron chi connectivity index (χ0n) is 8.27. The second kappa shape index (κ2) is 4.67. The van der Waals surface area contributed by atoms with Crippen molar-refractivity contribution in [1.29, 1.82) is 0 Å². The highest BCUT2D eigenvalue weighted by atomic mass is 79.9. The van der Waals surface area contributed by atoms with Gasteiger partial charge in [0.2, 0.25) is 0 Å². The van der Waals surface area contributed by atoms with E-state index >= 15 is 0 Å². The Morgan fingerprint density at radius 1 is 1.56 bits per heavy atom. The van der Waals surface area contributed by atoms with Crippen molar-refractivity contribution in [2.24, 2.45) is 0 Å². The first-order valence-corrected chi connectivity index (χ1v) is 6.00. The Balaban J connectivity index is 2.15. The van der Waals surface area contributed by atoms with E-state index in [1.165, 1.54) is 0 Å². The third kappa shape index (κ3) is 2.42. The van der Waals surface area contributed by atoms with Crippen LogP contribution in [0.1, 0.15) is 16.1 Å². The highest BCUT2D eigenvalue weighted by Gasteiger charge is 2.09. The summed E-state index contributed by atoms with van der Waals surface area (Å²) in [6.45, 7) is 1.92. The number of anilines is 1. The fourth-order valence-electron chi connectivity index (χ4n) is 1.05. The van der Waals surface area contributed by atoms with E-state index in [9.17, 15) is 4.79 Å². The first-order valence-electron chi connectivity index (χ1n) is 4.37. The molecule has 82 valence electrons. The molecular weight excluding hydrogens is 292 g/mol. The lowest BCUT2D eigenvalue weighted by Crippen LogP contribution is -2.13. The van der Waals surface area contributed by atoms with Gasteiger partial charge < -0.3 is 5.32 Å². The average molecular weight is 299 g/mol. The minimum Gasteiger partial charge on any atom is -0.305 e. The van der Waals surface area contributed by atoms with Crippen molar-refractivity contribution in [2.75, 3.05) is 5.32 Å². The zero-order chi connectivity index (χ0) is 11.5. The Hall–Kier alpha value is -1.34. The van der Waals surface area contributed by atoms with Gasteiger partial charge in [-0.25, -0.2) is 4.98 Å². The number of amides is 1. The van der Waals surface area contributed by atoms with Gasteiger partial charge in [-0.05, 0) is 46.0 Å². The van der Waals surface area contributed by atoms with Crippen LogP contribution < -0.4 is 5.32 Å². The van der Waals surface area contributed by atoms with Crippen molar-refractivity contribution >= 4 is 39.2 Å². The van der Waals surface area contributed by atoms with Crippen LogP contribution in [0.25, 0.3) is 0 Å². The summed E-state index contributed by atoms with van der Waals surface area (Å²) in [5.74, 6) is 0.196. The van der Waals surface area contributed by atoms with E-state index in [1.54, 1.807) is 17.6 Å².